The van der Waals surface area contributed by atoms with Crippen LogP contribution in [0.15, 0.2) is 0 Å². The quantitative estimate of drug-likeness (QED) is 0.578. The Labute approximate surface area is 104 Å². The second kappa shape index (κ2) is 4.56. The maximum atomic E-state index is 12.3. The molecule has 7 nitrogen and oxygen atoms in total. The molecule has 2 amide bonds. The van der Waals surface area contributed by atoms with E-state index in [-0.39, 0.29) is 12.3 Å². The Bertz CT molecular complexity index is 392. The van der Waals surface area contributed by atoms with Crippen molar-refractivity contribution in [1.82, 2.24) is 10.2 Å². The van der Waals surface area contributed by atoms with Crippen LogP contribution in [-0.4, -0.2) is 52.5 Å². The lowest BCUT2D eigenvalue weighted by Gasteiger charge is -2.44. The largest absolute Gasteiger partial charge is 0.481 e. The van der Waals surface area contributed by atoms with Crippen LogP contribution in [0.5, 0.6) is 0 Å². The highest BCUT2D eigenvalue weighted by Gasteiger charge is 2.46. The van der Waals surface area contributed by atoms with Crippen LogP contribution in [-0.2, 0) is 14.4 Å². The molecule has 0 aromatic heterocycles. The first-order chi connectivity index (χ1) is 8.44. The van der Waals surface area contributed by atoms with Crippen LogP contribution in [0.3, 0.4) is 0 Å². The van der Waals surface area contributed by atoms with Crippen LogP contribution in [0.4, 0.5) is 0 Å². The Hall–Kier alpha value is -1.63. The van der Waals surface area contributed by atoms with Crippen LogP contribution in [0, 0.1) is 0 Å². The second-order valence-electron chi connectivity index (χ2n) is 4.91. The lowest BCUT2D eigenvalue weighted by molar-refractivity contribution is -0.153. The molecule has 100 valence electrons. The zero-order valence-corrected chi connectivity index (χ0v) is 10.0. The summed E-state index contributed by atoms with van der Waals surface area (Å²) in [5.41, 5.74) is 5.05. The number of hydrogen-bond donors (Lipinski definition) is 3. The van der Waals surface area contributed by atoms with Gasteiger partial charge in [0.25, 0.3) is 0 Å². The van der Waals surface area contributed by atoms with Gasteiger partial charge >= 0.3 is 5.97 Å². The van der Waals surface area contributed by atoms with Gasteiger partial charge in [-0.2, -0.15) is 0 Å². The van der Waals surface area contributed by atoms with E-state index in [1.165, 1.54) is 4.90 Å². The summed E-state index contributed by atoms with van der Waals surface area (Å²) in [5.74, 6) is -1.82. The van der Waals surface area contributed by atoms with Gasteiger partial charge < -0.3 is 21.1 Å². The molecule has 0 bridgehead atoms. The highest BCUT2D eigenvalue weighted by Crippen LogP contribution is 2.32. The summed E-state index contributed by atoms with van der Waals surface area (Å²) < 4.78 is 0. The third-order valence-electron chi connectivity index (χ3n) is 3.63. The second-order valence-corrected chi connectivity index (χ2v) is 4.91. The van der Waals surface area contributed by atoms with Crippen LogP contribution >= 0.6 is 0 Å². The molecule has 0 aromatic carbocycles. The number of nitrogens with zero attached hydrogens (tertiary/aromatic N) is 1. The molecule has 18 heavy (non-hydrogen) atoms. The van der Waals surface area contributed by atoms with E-state index in [1.807, 2.05) is 0 Å². The number of nitrogens with two attached hydrogens (primary N) is 1. The first kappa shape index (κ1) is 12.8. The normalized spacial score (nSPS) is 26.2. The molecule has 7 heteroatoms. The average Bonchev–Trinajstić information content (AvgIpc) is 2.27. The number of carbonyl (C=O) groups excluding carboxylic acids is 2. The first-order valence-corrected chi connectivity index (χ1v) is 6.03. The van der Waals surface area contributed by atoms with Crippen molar-refractivity contribution in [3.63, 3.8) is 0 Å². The van der Waals surface area contributed by atoms with Crippen LogP contribution < -0.4 is 11.1 Å². The van der Waals surface area contributed by atoms with Crippen molar-refractivity contribution >= 4 is 17.8 Å². The number of piperazine rings is 1. The number of carbonyl (C=O) groups is 3. The zero-order chi connectivity index (χ0) is 13.3. The summed E-state index contributed by atoms with van der Waals surface area (Å²) >= 11 is 0. The van der Waals surface area contributed by atoms with E-state index in [0.717, 1.165) is 6.42 Å². The maximum absolute atomic E-state index is 12.3. The van der Waals surface area contributed by atoms with Gasteiger partial charge in [-0.1, -0.05) is 0 Å². The molecule has 0 spiro atoms. The summed E-state index contributed by atoms with van der Waals surface area (Å²) in [7, 11) is 0. The van der Waals surface area contributed by atoms with Gasteiger partial charge in [0, 0.05) is 13.1 Å². The predicted octanol–water partition coefficient (Wildman–Crippen LogP) is -1.33. The van der Waals surface area contributed by atoms with Crippen molar-refractivity contribution in [1.29, 1.82) is 0 Å². The number of amides is 2. The molecule has 1 saturated heterocycles. The summed E-state index contributed by atoms with van der Waals surface area (Å²) in [6, 6.07) is -0.940. The lowest BCUT2D eigenvalue weighted by Crippen LogP contribution is -2.66. The Morgan fingerprint density at radius 2 is 2.17 bits per heavy atom. The molecular weight excluding hydrogens is 238 g/mol. The van der Waals surface area contributed by atoms with Crippen LogP contribution in [0.25, 0.3) is 0 Å². The van der Waals surface area contributed by atoms with Crippen molar-refractivity contribution in [2.75, 3.05) is 13.1 Å². The number of rotatable bonds is 3. The van der Waals surface area contributed by atoms with Crippen molar-refractivity contribution in [3.8, 4) is 0 Å². The summed E-state index contributed by atoms with van der Waals surface area (Å²) in [6.45, 7) is 0.665. The number of carboxylic acids is 1. The number of aliphatic carboxylic acids is 1. The first-order valence-electron chi connectivity index (χ1n) is 6.03. The van der Waals surface area contributed by atoms with Crippen molar-refractivity contribution in [2.45, 2.75) is 37.3 Å². The lowest BCUT2D eigenvalue weighted by atomic mass is 9.76. The van der Waals surface area contributed by atoms with Crippen molar-refractivity contribution in [2.24, 2.45) is 5.73 Å². The summed E-state index contributed by atoms with van der Waals surface area (Å²) in [6.07, 6.45) is 1.72. The Kier molecular flexibility index (Phi) is 3.25. The number of carboxylic acid groups (broad SMARTS) is 1. The summed E-state index contributed by atoms with van der Waals surface area (Å²) in [5, 5.41) is 11.4. The molecule has 1 aliphatic heterocycles. The van der Waals surface area contributed by atoms with E-state index in [0.29, 0.717) is 25.9 Å². The molecule has 1 heterocycles. The van der Waals surface area contributed by atoms with E-state index in [4.69, 9.17) is 10.8 Å². The molecule has 2 aliphatic rings. The maximum Gasteiger partial charge on any atom is 0.305 e. The van der Waals surface area contributed by atoms with Gasteiger partial charge in [0.1, 0.15) is 6.04 Å². The van der Waals surface area contributed by atoms with E-state index in [9.17, 15) is 14.4 Å². The average molecular weight is 255 g/mol. The standard InChI is InChI=1S/C11H17N3O4/c12-11(2-1-3-11)10(18)14-5-4-13-9(17)7(14)6-8(15)16/h7H,1-6,12H2,(H,13,17)(H,15,16). The third kappa shape index (κ3) is 2.17. The van der Waals surface area contributed by atoms with Gasteiger partial charge in [0.2, 0.25) is 11.8 Å². The van der Waals surface area contributed by atoms with E-state index in [1.54, 1.807) is 0 Å². The van der Waals surface area contributed by atoms with Gasteiger partial charge in [-0.25, -0.2) is 0 Å². The molecule has 0 radical (unpaired) electrons. The van der Waals surface area contributed by atoms with Crippen LogP contribution in [0.2, 0.25) is 0 Å². The highest BCUT2D eigenvalue weighted by atomic mass is 16.4. The number of nitrogens with one attached hydrogen (secondary N) is 1. The van der Waals surface area contributed by atoms with Gasteiger partial charge in [-0.15, -0.1) is 0 Å². The molecular formula is C11H17N3O4. The predicted molar refractivity (Wildman–Crippen MR) is 61.5 cm³/mol. The Morgan fingerprint density at radius 3 is 2.67 bits per heavy atom. The number of hydrogen-bond acceptors (Lipinski definition) is 4. The molecule has 1 aliphatic carbocycles. The van der Waals surface area contributed by atoms with Gasteiger partial charge in [-0.05, 0) is 19.3 Å². The zero-order valence-electron chi connectivity index (χ0n) is 10.0. The molecule has 2 rings (SSSR count). The fraction of sp³-hybridized carbons (Fsp3) is 0.727. The van der Waals surface area contributed by atoms with Gasteiger partial charge in [0.15, 0.2) is 0 Å². The fourth-order valence-corrected chi connectivity index (χ4v) is 2.38. The minimum absolute atomic E-state index is 0.296. The van der Waals surface area contributed by atoms with Crippen molar-refractivity contribution in [3.05, 3.63) is 0 Å². The Morgan fingerprint density at radius 1 is 1.50 bits per heavy atom. The van der Waals surface area contributed by atoms with Crippen LogP contribution in [0.1, 0.15) is 25.7 Å². The molecule has 2 fully saturated rings. The van der Waals surface area contributed by atoms with Gasteiger partial charge in [0.05, 0.1) is 12.0 Å². The monoisotopic (exact) mass is 255 g/mol. The van der Waals surface area contributed by atoms with E-state index in [2.05, 4.69) is 5.32 Å². The van der Waals surface area contributed by atoms with E-state index < -0.39 is 23.5 Å². The summed E-state index contributed by atoms with van der Waals surface area (Å²) in [4.78, 5) is 36.0. The van der Waals surface area contributed by atoms with E-state index >= 15 is 0 Å². The SMILES string of the molecule is NC1(C(=O)N2CCNC(=O)C2CC(=O)O)CCC1. The molecule has 1 atom stereocenters. The third-order valence-corrected chi connectivity index (χ3v) is 3.63. The fourth-order valence-electron chi connectivity index (χ4n) is 2.38. The smallest absolute Gasteiger partial charge is 0.305 e. The minimum atomic E-state index is -1.10. The molecule has 0 aromatic rings. The molecule has 1 unspecified atom stereocenters. The molecule has 4 N–H and O–H groups in total. The van der Waals surface area contributed by atoms with Gasteiger partial charge in [-0.3, -0.25) is 14.4 Å². The molecule has 1 saturated carbocycles. The Balaban J connectivity index is 2.14. The minimum Gasteiger partial charge on any atom is -0.481 e. The highest BCUT2D eigenvalue weighted by molar-refractivity contribution is 5.95. The topological polar surface area (TPSA) is 113 Å². The van der Waals surface area contributed by atoms with Crippen molar-refractivity contribution < 1.29 is 19.5 Å².